The summed E-state index contributed by atoms with van der Waals surface area (Å²) in [4.78, 5) is 23.9. The molecule has 2 aliphatic rings. The molecule has 1 aromatic rings. The molecule has 0 aliphatic carbocycles. The molecule has 0 bridgehead atoms. The lowest BCUT2D eigenvalue weighted by Crippen LogP contribution is -2.28. The van der Waals surface area contributed by atoms with Gasteiger partial charge in [0, 0.05) is 12.5 Å². The first kappa shape index (κ1) is 20.1. The smallest absolute Gasteiger partial charge is 0.414 e. The number of cyclic esters (lactones) is 1. The number of esters is 1. The number of benzene rings is 1. The van der Waals surface area contributed by atoms with Crippen LogP contribution < -0.4 is 10.2 Å². The normalized spacial score (nSPS) is 22.0. The third-order valence-corrected chi connectivity index (χ3v) is 4.04. The summed E-state index contributed by atoms with van der Waals surface area (Å²) in [6, 6.07) is 1.68. The van der Waals surface area contributed by atoms with Gasteiger partial charge in [0.25, 0.3) is 0 Å². The zero-order valence-electron chi connectivity index (χ0n) is 14.0. The highest BCUT2D eigenvalue weighted by atomic mass is 35.5. The van der Waals surface area contributed by atoms with Gasteiger partial charge in [0.05, 0.1) is 18.3 Å². The number of nitrogens with zero attached hydrogens (tertiary/aromatic N) is 1. The number of hydrogen-bond acceptors (Lipinski definition) is 5. The van der Waals surface area contributed by atoms with Gasteiger partial charge in [0.15, 0.2) is 6.10 Å². The Morgan fingerprint density at radius 1 is 1.38 bits per heavy atom. The lowest BCUT2D eigenvalue weighted by molar-refractivity contribution is -0.143. The average molecular weight is 389 g/mol. The molecule has 9 heteroatoms. The minimum Gasteiger partial charge on any atom is -0.462 e. The van der Waals surface area contributed by atoms with Crippen LogP contribution in [0.1, 0.15) is 24.9 Å². The van der Waals surface area contributed by atoms with Crippen molar-refractivity contribution in [3.05, 3.63) is 41.5 Å². The highest BCUT2D eigenvalue weighted by Crippen LogP contribution is 2.30. The highest BCUT2D eigenvalue weighted by Gasteiger charge is 2.34. The van der Waals surface area contributed by atoms with Crippen molar-refractivity contribution < 1.29 is 27.8 Å². The van der Waals surface area contributed by atoms with E-state index < -0.39 is 35.8 Å². The SMILES string of the molecule is CC(=O)OCC1CN(c2cc(F)c(C3C=CCCN3)c(F)c2)C(=O)O1.Cl. The quantitative estimate of drug-likeness (QED) is 0.634. The zero-order chi connectivity index (χ0) is 18.0. The molecule has 0 saturated carbocycles. The van der Waals surface area contributed by atoms with Crippen LogP contribution in [0.4, 0.5) is 19.3 Å². The predicted octanol–water partition coefficient (Wildman–Crippen LogP) is 2.87. The molecule has 0 spiro atoms. The number of hydrogen-bond donors (Lipinski definition) is 1. The standard InChI is InChI=1S/C17H18F2N2O4.ClH/c1-10(22)24-9-12-8-21(17(23)25-12)11-6-13(18)16(14(19)7-11)15-4-2-3-5-20-15;/h2,4,6-7,12,15,20H,3,5,8-9H2,1H3;1H. The van der Waals surface area contributed by atoms with E-state index in [-0.39, 0.29) is 36.8 Å². The maximum absolute atomic E-state index is 14.5. The Balaban J connectivity index is 0.00000243. The molecule has 26 heavy (non-hydrogen) atoms. The average Bonchev–Trinajstić information content (AvgIpc) is 2.94. The monoisotopic (exact) mass is 388 g/mol. The first-order valence-corrected chi connectivity index (χ1v) is 7.96. The molecule has 1 amide bonds. The molecule has 2 aliphatic heterocycles. The number of nitrogens with one attached hydrogen (secondary N) is 1. The fourth-order valence-corrected chi connectivity index (χ4v) is 2.87. The van der Waals surface area contributed by atoms with Crippen LogP contribution in [0.2, 0.25) is 0 Å². The molecule has 1 fully saturated rings. The number of halogens is 3. The number of carbonyl (C=O) groups excluding carboxylic acids is 2. The van der Waals surface area contributed by atoms with E-state index in [2.05, 4.69) is 5.32 Å². The molecule has 1 saturated heterocycles. The van der Waals surface area contributed by atoms with E-state index in [9.17, 15) is 18.4 Å². The van der Waals surface area contributed by atoms with Crippen LogP contribution in [0.25, 0.3) is 0 Å². The lowest BCUT2D eigenvalue weighted by atomic mass is 10.0. The Labute approximate surface area is 155 Å². The van der Waals surface area contributed by atoms with Crippen molar-refractivity contribution >= 4 is 30.2 Å². The molecule has 6 nitrogen and oxygen atoms in total. The van der Waals surface area contributed by atoms with E-state index in [4.69, 9.17) is 9.47 Å². The maximum Gasteiger partial charge on any atom is 0.414 e. The van der Waals surface area contributed by atoms with Crippen LogP contribution in [0.5, 0.6) is 0 Å². The van der Waals surface area contributed by atoms with E-state index in [0.717, 1.165) is 23.5 Å². The summed E-state index contributed by atoms with van der Waals surface area (Å²) < 4.78 is 38.8. The van der Waals surface area contributed by atoms with Crippen LogP contribution in [-0.2, 0) is 14.3 Å². The van der Waals surface area contributed by atoms with Gasteiger partial charge in [-0.15, -0.1) is 12.4 Å². The molecule has 2 atom stereocenters. The molecule has 3 rings (SSSR count). The molecule has 0 radical (unpaired) electrons. The van der Waals surface area contributed by atoms with Crippen LogP contribution in [0, 0.1) is 11.6 Å². The number of anilines is 1. The van der Waals surface area contributed by atoms with Crippen LogP contribution in [0.15, 0.2) is 24.3 Å². The topological polar surface area (TPSA) is 67.9 Å². The summed E-state index contributed by atoms with van der Waals surface area (Å²) in [7, 11) is 0. The van der Waals surface area contributed by atoms with Crippen molar-refractivity contribution in [3.8, 4) is 0 Å². The first-order valence-electron chi connectivity index (χ1n) is 7.96. The van der Waals surface area contributed by atoms with E-state index in [1.165, 1.54) is 6.92 Å². The molecule has 2 heterocycles. The third kappa shape index (κ3) is 4.31. The summed E-state index contributed by atoms with van der Waals surface area (Å²) in [6.07, 6.45) is 2.97. The van der Waals surface area contributed by atoms with Crippen molar-refractivity contribution in [3.63, 3.8) is 0 Å². The van der Waals surface area contributed by atoms with Crippen molar-refractivity contribution in [1.29, 1.82) is 0 Å². The minimum absolute atomic E-state index is 0. The molecule has 1 N–H and O–H groups in total. The predicted molar refractivity (Wildman–Crippen MR) is 92.4 cm³/mol. The van der Waals surface area contributed by atoms with Gasteiger partial charge in [-0.25, -0.2) is 13.6 Å². The summed E-state index contributed by atoms with van der Waals surface area (Å²) in [5, 5.41) is 3.03. The van der Waals surface area contributed by atoms with Gasteiger partial charge >= 0.3 is 12.1 Å². The van der Waals surface area contributed by atoms with Crippen LogP contribution in [0.3, 0.4) is 0 Å². The molecule has 2 unspecified atom stereocenters. The van der Waals surface area contributed by atoms with Crippen LogP contribution >= 0.6 is 12.4 Å². The summed E-state index contributed by atoms with van der Waals surface area (Å²) in [6.45, 7) is 1.83. The molecule has 142 valence electrons. The molecular weight excluding hydrogens is 370 g/mol. The molecular formula is C17H19ClF2N2O4. The second-order valence-electron chi connectivity index (χ2n) is 5.89. The van der Waals surface area contributed by atoms with Gasteiger partial charge < -0.3 is 14.8 Å². The van der Waals surface area contributed by atoms with Gasteiger partial charge in [-0.1, -0.05) is 12.2 Å². The number of amides is 1. The van der Waals surface area contributed by atoms with Crippen molar-refractivity contribution in [2.45, 2.75) is 25.5 Å². The highest BCUT2D eigenvalue weighted by molar-refractivity contribution is 5.89. The van der Waals surface area contributed by atoms with Gasteiger partial charge in [0.1, 0.15) is 18.2 Å². The minimum atomic E-state index is -0.740. The maximum atomic E-state index is 14.5. The van der Waals surface area contributed by atoms with Crippen molar-refractivity contribution in [2.24, 2.45) is 0 Å². The van der Waals surface area contributed by atoms with Crippen LogP contribution in [-0.4, -0.2) is 37.9 Å². The second-order valence-corrected chi connectivity index (χ2v) is 5.89. The van der Waals surface area contributed by atoms with Crippen molar-refractivity contribution in [2.75, 3.05) is 24.6 Å². The third-order valence-electron chi connectivity index (χ3n) is 4.04. The largest absolute Gasteiger partial charge is 0.462 e. The number of carbonyl (C=O) groups is 2. The van der Waals surface area contributed by atoms with E-state index in [0.29, 0.717) is 6.54 Å². The summed E-state index contributed by atoms with van der Waals surface area (Å²) in [5.41, 5.74) is -0.0161. The summed E-state index contributed by atoms with van der Waals surface area (Å²) >= 11 is 0. The Kier molecular flexibility index (Phi) is 6.55. The Bertz CT molecular complexity index is 706. The second kappa shape index (κ2) is 8.46. The van der Waals surface area contributed by atoms with Gasteiger partial charge in [0.2, 0.25) is 0 Å². The Hall–Kier alpha value is -2.19. The zero-order valence-corrected chi connectivity index (χ0v) is 14.9. The number of ether oxygens (including phenoxy) is 2. The van der Waals surface area contributed by atoms with E-state index >= 15 is 0 Å². The van der Waals surface area contributed by atoms with Gasteiger partial charge in [-0.2, -0.15) is 0 Å². The first-order chi connectivity index (χ1) is 12.0. The Morgan fingerprint density at radius 2 is 2.08 bits per heavy atom. The van der Waals surface area contributed by atoms with Gasteiger partial charge in [-0.05, 0) is 25.1 Å². The summed E-state index contributed by atoms with van der Waals surface area (Å²) in [5.74, 6) is -1.98. The fourth-order valence-electron chi connectivity index (χ4n) is 2.87. The molecule has 0 aromatic heterocycles. The van der Waals surface area contributed by atoms with E-state index in [1.807, 2.05) is 6.08 Å². The number of rotatable bonds is 4. The Morgan fingerprint density at radius 3 is 2.65 bits per heavy atom. The fraction of sp³-hybridized carbons (Fsp3) is 0.412. The van der Waals surface area contributed by atoms with Gasteiger partial charge in [-0.3, -0.25) is 9.69 Å². The van der Waals surface area contributed by atoms with Crippen molar-refractivity contribution in [1.82, 2.24) is 5.32 Å². The van der Waals surface area contributed by atoms with E-state index in [1.54, 1.807) is 6.08 Å². The lowest BCUT2D eigenvalue weighted by Gasteiger charge is -2.21. The molecule has 1 aromatic carbocycles.